The van der Waals surface area contributed by atoms with Crippen LogP contribution in [-0.2, 0) is 6.54 Å². The van der Waals surface area contributed by atoms with Crippen molar-refractivity contribution in [1.29, 1.82) is 0 Å². The topological polar surface area (TPSA) is 59.3 Å². The molecule has 0 unspecified atom stereocenters. The van der Waals surface area contributed by atoms with Gasteiger partial charge in [-0.3, -0.25) is 4.79 Å². The molecule has 0 saturated heterocycles. The zero-order valence-electron chi connectivity index (χ0n) is 13.6. The summed E-state index contributed by atoms with van der Waals surface area (Å²) in [5.41, 5.74) is 2.00. The minimum Gasteiger partial charge on any atom is -0.346 e. The molecule has 1 N–H and O–H groups in total. The van der Waals surface area contributed by atoms with Gasteiger partial charge in [0.25, 0.3) is 5.91 Å². The molecule has 27 heavy (non-hydrogen) atoms. The molecule has 0 spiro atoms. The van der Waals surface area contributed by atoms with Gasteiger partial charge in [0.1, 0.15) is 21.7 Å². The van der Waals surface area contributed by atoms with Gasteiger partial charge in [-0.2, -0.15) is 5.10 Å². The van der Waals surface area contributed by atoms with E-state index >= 15 is 0 Å². The molecule has 3 heterocycles. The highest BCUT2D eigenvalue weighted by molar-refractivity contribution is 7.18. The van der Waals surface area contributed by atoms with E-state index in [2.05, 4.69) is 15.4 Å². The number of fused-ring (bicyclic) bond motifs is 1. The number of carbonyl (C=O) groups is 1. The number of hydrogen-bond donors (Lipinski definition) is 1. The highest BCUT2D eigenvalue weighted by atomic mass is 35.5. The van der Waals surface area contributed by atoms with E-state index in [1.165, 1.54) is 0 Å². The minimum absolute atomic E-state index is 0.0499. The van der Waals surface area contributed by atoms with E-state index in [4.69, 9.17) is 11.6 Å². The fourth-order valence-corrected chi connectivity index (χ4v) is 3.70. The summed E-state index contributed by atoms with van der Waals surface area (Å²) in [6.45, 7) is -0.161. The second kappa shape index (κ2) is 7.05. The Balaban J connectivity index is 1.57. The smallest absolute Gasteiger partial charge is 0.280 e. The molecule has 5 nitrogen and oxygen atoms in total. The average Bonchev–Trinajstić information content (AvgIpc) is 3.25. The van der Waals surface area contributed by atoms with Crippen molar-refractivity contribution in [2.24, 2.45) is 0 Å². The average molecular weight is 405 g/mol. The highest BCUT2D eigenvalue weighted by Crippen LogP contribution is 2.34. The number of amides is 1. The van der Waals surface area contributed by atoms with Crippen LogP contribution in [0, 0.1) is 11.6 Å². The van der Waals surface area contributed by atoms with Crippen LogP contribution in [0.4, 0.5) is 8.78 Å². The van der Waals surface area contributed by atoms with Gasteiger partial charge in [0, 0.05) is 23.9 Å². The van der Waals surface area contributed by atoms with Crippen molar-refractivity contribution in [2.75, 3.05) is 0 Å². The minimum atomic E-state index is -0.596. The van der Waals surface area contributed by atoms with E-state index in [9.17, 15) is 13.6 Å². The van der Waals surface area contributed by atoms with Crippen LogP contribution in [0.25, 0.3) is 16.8 Å². The van der Waals surface area contributed by atoms with Gasteiger partial charge >= 0.3 is 0 Å². The Morgan fingerprint density at radius 1 is 1.26 bits per heavy atom. The fourth-order valence-electron chi connectivity index (χ4n) is 2.61. The van der Waals surface area contributed by atoms with Crippen molar-refractivity contribution in [3.63, 3.8) is 0 Å². The lowest BCUT2D eigenvalue weighted by Gasteiger charge is -2.04. The summed E-state index contributed by atoms with van der Waals surface area (Å²) in [6.07, 6.45) is 3.42. The summed E-state index contributed by atoms with van der Waals surface area (Å²) in [7, 11) is 0. The van der Waals surface area contributed by atoms with Gasteiger partial charge in [-0.15, -0.1) is 0 Å². The number of nitrogens with zero attached hydrogens (tertiary/aromatic N) is 3. The van der Waals surface area contributed by atoms with Crippen molar-refractivity contribution in [3.8, 4) is 11.3 Å². The van der Waals surface area contributed by atoms with Crippen LogP contribution >= 0.6 is 22.9 Å². The highest BCUT2D eigenvalue weighted by Gasteiger charge is 2.19. The van der Waals surface area contributed by atoms with Crippen molar-refractivity contribution in [1.82, 2.24) is 19.9 Å². The maximum absolute atomic E-state index is 13.7. The molecule has 4 rings (SSSR count). The molecule has 1 aromatic carbocycles. The number of pyridine rings is 1. The van der Waals surface area contributed by atoms with Crippen LogP contribution < -0.4 is 5.32 Å². The summed E-state index contributed by atoms with van der Waals surface area (Å²) in [5.74, 6) is -1.69. The first-order valence-corrected chi connectivity index (χ1v) is 9.03. The number of thiazole rings is 1. The molecule has 0 fully saturated rings. The molecule has 4 aromatic rings. The van der Waals surface area contributed by atoms with Gasteiger partial charge in [-0.1, -0.05) is 29.0 Å². The van der Waals surface area contributed by atoms with E-state index in [0.29, 0.717) is 15.6 Å². The maximum atomic E-state index is 13.7. The summed E-state index contributed by atoms with van der Waals surface area (Å²) < 4.78 is 28.9. The Hall–Kier alpha value is -2.84. The van der Waals surface area contributed by atoms with E-state index in [1.807, 2.05) is 18.2 Å². The lowest BCUT2D eigenvalue weighted by molar-refractivity contribution is 0.0950. The standard InChI is InChI=1S/C18H11ClF2N4OS/c19-16-15(12-9-23-25-6-2-1-3-14(12)25)24-18(27-16)17(26)22-8-10-7-11(20)4-5-13(10)21/h1-7,9H,8H2,(H,22,26). The zero-order valence-corrected chi connectivity index (χ0v) is 15.2. The Labute approximate surface area is 161 Å². The molecular weight excluding hydrogens is 394 g/mol. The van der Waals surface area contributed by atoms with Gasteiger partial charge < -0.3 is 5.32 Å². The Morgan fingerprint density at radius 2 is 2.11 bits per heavy atom. The number of hydrogen-bond acceptors (Lipinski definition) is 4. The second-order valence-electron chi connectivity index (χ2n) is 5.65. The maximum Gasteiger partial charge on any atom is 0.280 e. The first-order valence-electron chi connectivity index (χ1n) is 7.84. The number of rotatable bonds is 4. The summed E-state index contributed by atoms with van der Waals surface area (Å²) >= 11 is 7.28. The third-order valence-electron chi connectivity index (χ3n) is 3.91. The Kier molecular flexibility index (Phi) is 4.59. The van der Waals surface area contributed by atoms with Crippen molar-refractivity contribution < 1.29 is 13.6 Å². The molecule has 3 aromatic heterocycles. The van der Waals surface area contributed by atoms with Crippen molar-refractivity contribution in [2.45, 2.75) is 6.54 Å². The third kappa shape index (κ3) is 3.41. The molecule has 0 bridgehead atoms. The molecule has 0 aliphatic rings. The van der Waals surface area contributed by atoms with Crippen LogP contribution in [0.15, 0.2) is 48.8 Å². The number of benzene rings is 1. The quantitative estimate of drug-likeness (QED) is 0.551. The lowest BCUT2D eigenvalue weighted by Crippen LogP contribution is -2.23. The van der Waals surface area contributed by atoms with Crippen LogP contribution in [0.2, 0.25) is 4.34 Å². The largest absolute Gasteiger partial charge is 0.346 e. The third-order valence-corrected chi connectivity index (χ3v) is 5.16. The van der Waals surface area contributed by atoms with Crippen molar-refractivity contribution >= 4 is 34.4 Å². The van der Waals surface area contributed by atoms with Crippen LogP contribution in [-0.4, -0.2) is 20.5 Å². The van der Waals surface area contributed by atoms with Crippen molar-refractivity contribution in [3.05, 3.63) is 75.3 Å². The van der Waals surface area contributed by atoms with Gasteiger partial charge in [0.15, 0.2) is 5.01 Å². The number of nitrogens with one attached hydrogen (secondary N) is 1. The van der Waals surface area contributed by atoms with Gasteiger partial charge in [-0.25, -0.2) is 18.3 Å². The van der Waals surface area contributed by atoms with Gasteiger partial charge in [0.2, 0.25) is 0 Å². The monoisotopic (exact) mass is 404 g/mol. The van der Waals surface area contributed by atoms with Crippen LogP contribution in [0.5, 0.6) is 0 Å². The number of carbonyl (C=O) groups excluding carboxylic acids is 1. The fraction of sp³-hybridized carbons (Fsp3) is 0.0556. The zero-order chi connectivity index (χ0) is 19.0. The number of aromatic nitrogens is 3. The predicted molar refractivity (Wildman–Crippen MR) is 98.8 cm³/mol. The molecule has 136 valence electrons. The summed E-state index contributed by atoms with van der Waals surface area (Å²) in [4.78, 5) is 16.7. The van der Waals surface area contributed by atoms with E-state index in [0.717, 1.165) is 35.1 Å². The first-order chi connectivity index (χ1) is 13.0. The van der Waals surface area contributed by atoms with Gasteiger partial charge in [0.05, 0.1) is 11.7 Å². The molecule has 0 aliphatic carbocycles. The SMILES string of the molecule is O=C(NCc1cc(F)ccc1F)c1nc(-c2cnn3ccccc23)c(Cl)s1. The Bertz CT molecular complexity index is 1160. The molecule has 0 aliphatic heterocycles. The molecule has 9 heteroatoms. The van der Waals surface area contributed by atoms with E-state index in [1.54, 1.807) is 16.9 Å². The van der Waals surface area contributed by atoms with Crippen LogP contribution in [0.1, 0.15) is 15.4 Å². The first kappa shape index (κ1) is 17.6. The lowest BCUT2D eigenvalue weighted by atomic mass is 10.2. The molecule has 0 saturated carbocycles. The van der Waals surface area contributed by atoms with E-state index < -0.39 is 17.5 Å². The number of halogens is 3. The second-order valence-corrected chi connectivity index (χ2v) is 7.25. The Morgan fingerprint density at radius 3 is 2.96 bits per heavy atom. The molecule has 0 atom stereocenters. The van der Waals surface area contributed by atoms with E-state index in [-0.39, 0.29) is 17.1 Å². The molecule has 0 radical (unpaired) electrons. The summed E-state index contributed by atoms with van der Waals surface area (Å²) in [6, 6.07) is 8.64. The molecular formula is C18H11ClF2N4OS. The summed E-state index contributed by atoms with van der Waals surface area (Å²) in [5, 5.41) is 6.89. The van der Waals surface area contributed by atoms with Gasteiger partial charge in [-0.05, 0) is 30.3 Å². The van der Waals surface area contributed by atoms with Crippen LogP contribution in [0.3, 0.4) is 0 Å². The molecule has 1 amide bonds. The predicted octanol–water partition coefficient (Wildman–Crippen LogP) is 4.32. The normalized spacial score (nSPS) is 11.1.